The van der Waals surface area contributed by atoms with E-state index >= 15 is 0 Å². The van der Waals surface area contributed by atoms with E-state index < -0.39 is 0 Å². The molecule has 17 heavy (non-hydrogen) atoms. The summed E-state index contributed by atoms with van der Waals surface area (Å²) < 4.78 is 14.3. The topological polar surface area (TPSA) is 32.3 Å². The lowest BCUT2D eigenvalue weighted by molar-refractivity contribution is 0.157. The Morgan fingerprint density at radius 2 is 2.12 bits per heavy atom. The van der Waals surface area contributed by atoms with E-state index in [1.54, 1.807) is 12.1 Å². The van der Waals surface area contributed by atoms with Crippen LogP contribution in [0.25, 0.3) is 0 Å². The number of rotatable bonds is 6. The zero-order chi connectivity index (χ0) is 12.9. The van der Waals surface area contributed by atoms with Crippen LogP contribution in [0.5, 0.6) is 0 Å². The zero-order valence-corrected chi connectivity index (χ0v) is 11.8. The van der Waals surface area contributed by atoms with E-state index in [1.807, 2.05) is 13.8 Å². The van der Waals surface area contributed by atoms with Crippen molar-refractivity contribution < 1.29 is 9.50 Å². The summed E-state index contributed by atoms with van der Waals surface area (Å²) >= 11 is 3.33. The number of aliphatic hydroxyl groups excluding tert-OH is 1. The highest BCUT2D eigenvalue weighted by atomic mass is 79.9. The lowest BCUT2D eigenvalue weighted by Gasteiger charge is -2.21. The standard InChI is InChI=1S/C13H19BrFNO/c1-13(2,9-17)8-16-6-5-10-7-11(14)3-4-12(10)15/h3-4,7,16-17H,5-6,8-9H2,1-2H3. The number of nitrogens with one attached hydrogen (secondary N) is 1. The van der Waals surface area contributed by atoms with Gasteiger partial charge in [-0.25, -0.2) is 4.39 Å². The molecule has 1 rings (SSSR count). The van der Waals surface area contributed by atoms with Gasteiger partial charge in [0.1, 0.15) is 5.82 Å². The van der Waals surface area contributed by atoms with Gasteiger partial charge in [0, 0.05) is 23.0 Å². The van der Waals surface area contributed by atoms with Crippen molar-refractivity contribution in [2.75, 3.05) is 19.7 Å². The summed E-state index contributed by atoms with van der Waals surface area (Å²) in [6.07, 6.45) is 0.646. The average molecular weight is 304 g/mol. The largest absolute Gasteiger partial charge is 0.396 e. The summed E-state index contributed by atoms with van der Waals surface area (Å²) in [5.74, 6) is -0.170. The van der Waals surface area contributed by atoms with Crippen LogP contribution in [-0.4, -0.2) is 24.8 Å². The summed E-state index contributed by atoms with van der Waals surface area (Å²) in [6.45, 7) is 5.54. The van der Waals surface area contributed by atoms with Crippen LogP contribution in [-0.2, 0) is 6.42 Å². The minimum Gasteiger partial charge on any atom is -0.396 e. The van der Waals surface area contributed by atoms with Crippen LogP contribution in [0.1, 0.15) is 19.4 Å². The number of benzene rings is 1. The molecule has 0 spiro atoms. The van der Waals surface area contributed by atoms with Gasteiger partial charge in [-0.3, -0.25) is 0 Å². The summed E-state index contributed by atoms with van der Waals surface area (Å²) in [5.41, 5.74) is 0.573. The van der Waals surface area contributed by atoms with Crippen LogP contribution in [0.4, 0.5) is 4.39 Å². The molecule has 96 valence electrons. The quantitative estimate of drug-likeness (QED) is 0.792. The van der Waals surface area contributed by atoms with E-state index in [1.165, 1.54) is 6.07 Å². The van der Waals surface area contributed by atoms with Crippen molar-refractivity contribution in [1.29, 1.82) is 0 Å². The Morgan fingerprint density at radius 1 is 1.41 bits per heavy atom. The molecule has 0 atom stereocenters. The summed E-state index contributed by atoms with van der Waals surface area (Å²) in [4.78, 5) is 0. The molecular formula is C13H19BrFNO. The monoisotopic (exact) mass is 303 g/mol. The minimum atomic E-state index is -0.170. The normalized spacial score (nSPS) is 11.8. The van der Waals surface area contributed by atoms with Gasteiger partial charge in [0.2, 0.25) is 0 Å². The molecule has 0 aliphatic rings. The minimum absolute atomic E-state index is 0.129. The van der Waals surface area contributed by atoms with E-state index in [9.17, 15) is 4.39 Å². The first kappa shape index (κ1) is 14.6. The number of hydrogen-bond acceptors (Lipinski definition) is 2. The molecule has 0 aliphatic heterocycles. The molecule has 0 amide bonds. The summed E-state index contributed by atoms with van der Waals surface area (Å²) in [5, 5.41) is 12.3. The van der Waals surface area contributed by atoms with Crippen molar-refractivity contribution >= 4 is 15.9 Å². The molecule has 0 heterocycles. The van der Waals surface area contributed by atoms with Gasteiger partial charge in [-0.2, -0.15) is 0 Å². The first-order valence-electron chi connectivity index (χ1n) is 5.70. The molecule has 2 N–H and O–H groups in total. The number of hydrogen-bond donors (Lipinski definition) is 2. The van der Waals surface area contributed by atoms with Gasteiger partial charge in [-0.1, -0.05) is 29.8 Å². The van der Waals surface area contributed by atoms with Crippen LogP contribution < -0.4 is 5.32 Å². The number of aliphatic hydroxyl groups is 1. The molecule has 0 aromatic heterocycles. The Hall–Kier alpha value is -0.450. The maximum Gasteiger partial charge on any atom is 0.126 e. The molecule has 0 unspecified atom stereocenters. The third-order valence-electron chi connectivity index (χ3n) is 2.61. The van der Waals surface area contributed by atoms with Crippen molar-refractivity contribution in [3.63, 3.8) is 0 Å². The van der Waals surface area contributed by atoms with Gasteiger partial charge >= 0.3 is 0 Å². The second kappa shape index (κ2) is 6.47. The molecule has 0 bridgehead atoms. The smallest absolute Gasteiger partial charge is 0.126 e. The molecule has 0 fully saturated rings. The Bertz CT molecular complexity index is 368. The van der Waals surface area contributed by atoms with Gasteiger partial charge in [0.25, 0.3) is 0 Å². The Balaban J connectivity index is 2.38. The van der Waals surface area contributed by atoms with Gasteiger partial charge < -0.3 is 10.4 Å². The van der Waals surface area contributed by atoms with Crippen molar-refractivity contribution in [2.24, 2.45) is 5.41 Å². The van der Waals surface area contributed by atoms with Gasteiger partial charge in [0.05, 0.1) is 0 Å². The van der Waals surface area contributed by atoms with E-state index in [-0.39, 0.29) is 17.8 Å². The van der Waals surface area contributed by atoms with Crippen molar-refractivity contribution in [3.05, 3.63) is 34.1 Å². The predicted molar refractivity (Wildman–Crippen MR) is 71.5 cm³/mol. The van der Waals surface area contributed by atoms with Crippen molar-refractivity contribution in [1.82, 2.24) is 5.32 Å². The Labute approximate surface area is 110 Å². The zero-order valence-electron chi connectivity index (χ0n) is 10.3. The second-order valence-corrected chi connectivity index (χ2v) is 5.90. The Kier molecular flexibility index (Phi) is 5.56. The molecular weight excluding hydrogens is 285 g/mol. The fourth-order valence-electron chi connectivity index (χ4n) is 1.44. The fourth-order valence-corrected chi connectivity index (χ4v) is 1.85. The van der Waals surface area contributed by atoms with Gasteiger partial charge in [0.15, 0.2) is 0 Å². The molecule has 1 aromatic carbocycles. The first-order valence-corrected chi connectivity index (χ1v) is 6.49. The summed E-state index contributed by atoms with van der Waals surface area (Å²) in [6, 6.07) is 4.96. The molecule has 1 aromatic rings. The molecule has 0 saturated carbocycles. The van der Waals surface area contributed by atoms with E-state index in [2.05, 4.69) is 21.2 Å². The predicted octanol–water partition coefficient (Wildman–Crippen LogP) is 2.74. The highest BCUT2D eigenvalue weighted by Gasteiger charge is 2.15. The van der Waals surface area contributed by atoms with Crippen LogP contribution in [0.15, 0.2) is 22.7 Å². The molecule has 0 saturated heterocycles. The lowest BCUT2D eigenvalue weighted by atomic mass is 9.95. The number of halogens is 2. The summed E-state index contributed by atoms with van der Waals surface area (Å²) in [7, 11) is 0. The third-order valence-corrected chi connectivity index (χ3v) is 3.10. The van der Waals surface area contributed by atoms with Gasteiger partial charge in [-0.15, -0.1) is 0 Å². The highest BCUT2D eigenvalue weighted by molar-refractivity contribution is 9.10. The van der Waals surface area contributed by atoms with Crippen LogP contribution >= 0.6 is 15.9 Å². The van der Waals surface area contributed by atoms with E-state index in [4.69, 9.17) is 5.11 Å². The second-order valence-electron chi connectivity index (χ2n) is 4.98. The average Bonchev–Trinajstić information content (AvgIpc) is 2.29. The van der Waals surface area contributed by atoms with Crippen molar-refractivity contribution in [2.45, 2.75) is 20.3 Å². The lowest BCUT2D eigenvalue weighted by Crippen LogP contribution is -2.33. The maximum absolute atomic E-state index is 13.4. The molecule has 0 aliphatic carbocycles. The molecule has 4 heteroatoms. The van der Waals surface area contributed by atoms with Crippen LogP contribution in [0.3, 0.4) is 0 Å². The molecule has 0 radical (unpaired) electrons. The fraction of sp³-hybridized carbons (Fsp3) is 0.538. The highest BCUT2D eigenvalue weighted by Crippen LogP contribution is 2.16. The van der Waals surface area contributed by atoms with Crippen LogP contribution in [0, 0.1) is 11.2 Å². The SMILES string of the molecule is CC(C)(CO)CNCCc1cc(Br)ccc1F. The maximum atomic E-state index is 13.4. The van der Waals surface area contributed by atoms with E-state index in [0.717, 1.165) is 11.0 Å². The molecule has 2 nitrogen and oxygen atoms in total. The van der Waals surface area contributed by atoms with Crippen LogP contribution in [0.2, 0.25) is 0 Å². The van der Waals surface area contributed by atoms with E-state index in [0.29, 0.717) is 18.5 Å². The van der Waals surface area contributed by atoms with Gasteiger partial charge in [-0.05, 0) is 36.7 Å². The van der Waals surface area contributed by atoms with Crippen molar-refractivity contribution in [3.8, 4) is 0 Å². The Morgan fingerprint density at radius 3 is 2.76 bits per heavy atom. The first-order chi connectivity index (χ1) is 7.94. The third kappa shape index (κ3) is 5.15.